The number of hydrogen-bond acceptors (Lipinski definition) is 5. The molecule has 1 heterocycles. The molecule has 20 heavy (non-hydrogen) atoms. The zero-order valence-corrected chi connectivity index (χ0v) is 11.9. The minimum absolute atomic E-state index is 0.0277. The maximum atomic E-state index is 12.3. The standard InChI is InChI=1S/C13H24N2O5/c1-20-9-11(14-12(18)4-7-16)13(19)15-5-2-10(8-17)3-6-15/h10-11,16-17H,2-9H2,1H3,(H,14,18)/t11-/m0/s1. The molecule has 0 aromatic heterocycles. The maximum absolute atomic E-state index is 12.3. The molecular weight excluding hydrogens is 264 g/mol. The number of carbonyl (C=O) groups excluding carboxylic acids is 2. The third-order valence-electron chi connectivity index (χ3n) is 3.49. The van der Waals surface area contributed by atoms with Gasteiger partial charge in [-0.3, -0.25) is 9.59 Å². The molecule has 1 aliphatic heterocycles. The summed E-state index contributed by atoms with van der Waals surface area (Å²) in [6, 6.07) is -0.718. The molecule has 2 amide bonds. The van der Waals surface area contributed by atoms with Crippen molar-refractivity contribution in [1.82, 2.24) is 10.2 Å². The lowest BCUT2D eigenvalue weighted by Gasteiger charge is -2.33. The van der Waals surface area contributed by atoms with Crippen molar-refractivity contribution in [3.8, 4) is 0 Å². The third-order valence-corrected chi connectivity index (χ3v) is 3.49. The lowest BCUT2D eigenvalue weighted by atomic mass is 9.97. The van der Waals surface area contributed by atoms with Gasteiger partial charge in [0.05, 0.1) is 13.2 Å². The van der Waals surface area contributed by atoms with E-state index in [0.717, 1.165) is 12.8 Å². The number of nitrogens with zero attached hydrogens (tertiary/aromatic N) is 1. The van der Waals surface area contributed by atoms with Gasteiger partial charge in [0.1, 0.15) is 6.04 Å². The number of piperidine rings is 1. The Morgan fingerprint density at radius 1 is 1.35 bits per heavy atom. The molecule has 1 atom stereocenters. The predicted molar refractivity (Wildman–Crippen MR) is 71.9 cm³/mol. The van der Waals surface area contributed by atoms with Crippen LogP contribution in [0.2, 0.25) is 0 Å². The number of ether oxygens (including phenoxy) is 1. The van der Waals surface area contributed by atoms with Crippen LogP contribution < -0.4 is 5.32 Å². The van der Waals surface area contributed by atoms with Crippen LogP contribution in [0.25, 0.3) is 0 Å². The van der Waals surface area contributed by atoms with Gasteiger partial charge >= 0.3 is 0 Å². The SMILES string of the molecule is COC[C@H](NC(=O)CCO)C(=O)N1CCC(CO)CC1. The second kappa shape index (κ2) is 8.89. The summed E-state index contributed by atoms with van der Waals surface area (Å²) in [4.78, 5) is 25.5. The number of aliphatic hydroxyl groups is 2. The van der Waals surface area contributed by atoms with E-state index in [1.165, 1.54) is 7.11 Å². The van der Waals surface area contributed by atoms with E-state index in [0.29, 0.717) is 13.1 Å². The first-order valence-corrected chi connectivity index (χ1v) is 6.91. The second-order valence-corrected chi connectivity index (χ2v) is 5.00. The Morgan fingerprint density at radius 3 is 2.50 bits per heavy atom. The van der Waals surface area contributed by atoms with Gasteiger partial charge in [0.15, 0.2) is 0 Å². The Morgan fingerprint density at radius 2 is 2.00 bits per heavy atom. The van der Waals surface area contributed by atoms with Crippen LogP contribution in [0, 0.1) is 5.92 Å². The molecule has 0 saturated carbocycles. The van der Waals surface area contributed by atoms with E-state index in [1.54, 1.807) is 4.90 Å². The molecule has 0 aromatic rings. The Hall–Kier alpha value is -1.18. The summed E-state index contributed by atoms with van der Waals surface area (Å²) in [5.74, 6) is -0.286. The van der Waals surface area contributed by atoms with Crippen LogP contribution in [0.15, 0.2) is 0 Å². The highest BCUT2D eigenvalue weighted by molar-refractivity contribution is 5.87. The molecule has 7 heteroatoms. The first-order valence-electron chi connectivity index (χ1n) is 6.91. The summed E-state index contributed by atoms with van der Waals surface area (Å²) >= 11 is 0. The fraction of sp³-hybridized carbons (Fsp3) is 0.846. The molecule has 7 nitrogen and oxygen atoms in total. The van der Waals surface area contributed by atoms with E-state index in [1.807, 2.05) is 0 Å². The molecule has 1 rings (SSSR count). The number of hydrogen-bond donors (Lipinski definition) is 3. The van der Waals surface area contributed by atoms with Gasteiger partial charge in [-0.15, -0.1) is 0 Å². The number of rotatable bonds is 7. The zero-order chi connectivity index (χ0) is 15.0. The second-order valence-electron chi connectivity index (χ2n) is 5.00. The summed E-state index contributed by atoms with van der Waals surface area (Å²) in [5, 5.41) is 20.4. The van der Waals surface area contributed by atoms with Crippen LogP contribution in [0.3, 0.4) is 0 Å². The minimum atomic E-state index is -0.718. The Balaban J connectivity index is 2.53. The fourth-order valence-corrected chi connectivity index (χ4v) is 2.27. The van der Waals surface area contributed by atoms with Crippen molar-refractivity contribution in [3.63, 3.8) is 0 Å². The molecule has 3 N–H and O–H groups in total. The van der Waals surface area contributed by atoms with Crippen molar-refractivity contribution in [2.45, 2.75) is 25.3 Å². The van der Waals surface area contributed by atoms with E-state index in [9.17, 15) is 9.59 Å². The normalized spacial score (nSPS) is 17.9. The van der Waals surface area contributed by atoms with Crippen LogP contribution in [-0.2, 0) is 14.3 Å². The van der Waals surface area contributed by atoms with Crippen molar-refractivity contribution in [1.29, 1.82) is 0 Å². The molecule has 0 aliphatic carbocycles. The minimum Gasteiger partial charge on any atom is -0.396 e. The number of aliphatic hydroxyl groups excluding tert-OH is 2. The van der Waals surface area contributed by atoms with Gasteiger partial charge in [-0.05, 0) is 18.8 Å². The zero-order valence-electron chi connectivity index (χ0n) is 11.9. The monoisotopic (exact) mass is 288 g/mol. The van der Waals surface area contributed by atoms with E-state index in [-0.39, 0.29) is 44.0 Å². The van der Waals surface area contributed by atoms with Crippen molar-refractivity contribution in [3.05, 3.63) is 0 Å². The molecule has 0 radical (unpaired) electrons. The van der Waals surface area contributed by atoms with E-state index in [4.69, 9.17) is 14.9 Å². The van der Waals surface area contributed by atoms with E-state index >= 15 is 0 Å². The number of carbonyl (C=O) groups is 2. The van der Waals surface area contributed by atoms with Crippen LogP contribution in [0.5, 0.6) is 0 Å². The maximum Gasteiger partial charge on any atom is 0.247 e. The quantitative estimate of drug-likeness (QED) is 0.542. The van der Waals surface area contributed by atoms with Crippen LogP contribution in [0.1, 0.15) is 19.3 Å². The highest BCUT2D eigenvalue weighted by Crippen LogP contribution is 2.17. The lowest BCUT2D eigenvalue weighted by molar-refractivity contribution is -0.139. The van der Waals surface area contributed by atoms with E-state index < -0.39 is 6.04 Å². The molecule has 0 spiro atoms. The largest absolute Gasteiger partial charge is 0.396 e. The Kier molecular flexibility index (Phi) is 7.50. The van der Waals surface area contributed by atoms with Gasteiger partial charge in [-0.25, -0.2) is 0 Å². The lowest BCUT2D eigenvalue weighted by Crippen LogP contribution is -2.52. The van der Waals surface area contributed by atoms with Gasteiger partial charge in [-0.1, -0.05) is 0 Å². The van der Waals surface area contributed by atoms with Crippen molar-refractivity contribution < 1.29 is 24.5 Å². The van der Waals surface area contributed by atoms with Gasteiger partial charge in [0.25, 0.3) is 0 Å². The number of likely N-dealkylation sites (tertiary alicyclic amines) is 1. The first kappa shape index (κ1) is 16.9. The molecule has 0 aromatic carbocycles. The van der Waals surface area contributed by atoms with Gasteiger partial charge < -0.3 is 25.2 Å². The highest BCUT2D eigenvalue weighted by Gasteiger charge is 2.28. The van der Waals surface area contributed by atoms with Gasteiger partial charge in [-0.2, -0.15) is 0 Å². The summed E-state index contributed by atoms with van der Waals surface area (Å²) in [5.41, 5.74) is 0. The smallest absolute Gasteiger partial charge is 0.247 e. The first-order chi connectivity index (χ1) is 9.62. The third kappa shape index (κ3) is 5.07. The van der Waals surface area contributed by atoms with Gasteiger partial charge in [0.2, 0.25) is 11.8 Å². The topological polar surface area (TPSA) is 99.1 Å². The van der Waals surface area contributed by atoms with Gasteiger partial charge in [0, 0.05) is 33.2 Å². The summed E-state index contributed by atoms with van der Waals surface area (Å²) in [6.45, 7) is 1.18. The molecule has 0 bridgehead atoms. The molecule has 1 fully saturated rings. The molecule has 0 unspecified atom stereocenters. The van der Waals surface area contributed by atoms with Crippen LogP contribution in [-0.4, -0.2) is 73.0 Å². The summed E-state index contributed by atoms with van der Waals surface area (Å²) < 4.78 is 4.97. The average molecular weight is 288 g/mol. The molecule has 1 saturated heterocycles. The van der Waals surface area contributed by atoms with Crippen LogP contribution >= 0.6 is 0 Å². The molecule has 116 valence electrons. The molecule has 1 aliphatic rings. The predicted octanol–water partition coefficient (Wildman–Crippen LogP) is -1.27. The number of methoxy groups -OCH3 is 1. The van der Waals surface area contributed by atoms with Crippen LogP contribution in [0.4, 0.5) is 0 Å². The van der Waals surface area contributed by atoms with Crippen molar-refractivity contribution >= 4 is 11.8 Å². The average Bonchev–Trinajstić information content (AvgIpc) is 2.46. The van der Waals surface area contributed by atoms with Crippen molar-refractivity contribution in [2.75, 3.05) is 40.0 Å². The molecular formula is C13H24N2O5. The number of amides is 2. The van der Waals surface area contributed by atoms with E-state index in [2.05, 4.69) is 5.32 Å². The van der Waals surface area contributed by atoms with Crippen molar-refractivity contribution in [2.24, 2.45) is 5.92 Å². The summed E-state index contributed by atoms with van der Waals surface area (Å²) in [6.07, 6.45) is 1.51. The fourth-order valence-electron chi connectivity index (χ4n) is 2.27. The Bertz CT molecular complexity index is 316. The summed E-state index contributed by atoms with van der Waals surface area (Å²) in [7, 11) is 1.47. The Labute approximate surface area is 118 Å². The highest BCUT2D eigenvalue weighted by atomic mass is 16.5. The number of nitrogens with one attached hydrogen (secondary N) is 1.